The van der Waals surface area contributed by atoms with Crippen LogP contribution in [0.1, 0.15) is 11.1 Å². The summed E-state index contributed by atoms with van der Waals surface area (Å²) < 4.78 is 15.7. The minimum Gasteiger partial charge on any atom is -0.496 e. The van der Waals surface area contributed by atoms with Crippen LogP contribution in [0.25, 0.3) is 0 Å². The third-order valence-electron chi connectivity index (χ3n) is 2.13. The van der Waals surface area contributed by atoms with Crippen molar-refractivity contribution in [3.05, 3.63) is 23.3 Å². The monoisotopic (exact) mass is 196 g/mol. The van der Waals surface area contributed by atoms with Crippen LogP contribution in [0.3, 0.4) is 0 Å². The van der Waals surface area contributed by atoms with E-state index in [1.54, 1.807) is 21.3 Å². The minimum atomic E-state index is 0.494. The van der Waals surface area contributed by atoms with E-state index in [-0.39, 0.29) is 0 Å². The van der Waals surface area contributed by atoms with Crippen LogP contribution in [0.4, 0.5) is 0 Å². The maximum atomic E-state index is 5.31. The maximum absolute atomic E-state index is 5.31. The third-order valence-corrected chi connectivity index (χ3v) is 2.13. The second-order valence-corrected chi connectivity index (χ2v) is 3.03. The Bertz CT molecular complexity index is 308. The first kappa shape index (κ1) is 10.9. The van der Waals surface area contributed by atoms with Gasteiger partial charge in [0.25, 0.3) is 0 Å². The van der Waals surface area contributed by atoms with Gasteiger partial charge in [-0.1, -0.05) is 6.07 Å². The highest BCUT2D eigenvalue weighted by molar-refractivity contribution is 5.49. The molecule has 3 heteroatoms. The number of hydrogen-bond donors (Lipinski definition) is 0. The number of rotatable bonds is 4. The average molecular weight is 196 g/mol. The highest BCUT2D eigenvalue weighted by Gasteiger charge is 2.11. The van der Waals surface area contributed by atoms with Crippen molar-refractivity contribution in [2.45, 2.75) is 13.5 Å². The van der Waals surface area contributed by atoms with Gasteiger partial charge in [-0.3, -0.25) is 0 Å². The van der Waals surface area contributed by atoms with E-state index < -0.39 is 0 Å². The lowest BCUT2D eigenvalue weighted by Crippen LogP contribution is -1.99. The summed E-state index contributed by atoms with van der Waals surface area (Å²) in [5.74, 6) is 1.64. The van der Waals surface area contributed by atoms with Crippen molar-refractivity contribution in [2.75, 3.05) is 21.3 Å². The zero-order valence-corrected chi connectivity index (χ0v) is 9.09. The Morgan fingerprint density at radius 1 is 1.07 bits per heavy atom. The van der Waals surface area contributed by atoms with E-state index in [9.17, 15) is 0 Å². The molecular weight excluding hydrogens is 180 g/mol. The van der Waals surface area contributed by atoms with Gasteiger partial charge in [-0.05, 0) is 18.6 Å². The van der Waals surface area contributed by atoms with Gasteiger partial charge in [-0.2, -0.15) is 0 Å². The number of aryl methyl sites for hydroxylation is 1. The summed E-state index contributed by atoms with van der Waals surface area (Å²) in [6.45, 7) is 2.49. The summed E-state index contributed by atoms with van der Waals surface area (Å²) >= 11 is 0. The van der Waals surface area contributed by atoms with Crippen molar-refractivity contribution in [1.29, 1.82) is 0 Å². The first-order valence-corrected chi connectivity index (χ1v) is 4.44. The zero-order valence-electron chi connectivity index (χ0n) is 9.09. The van der Waals surface area contributed by atoms with E-state index in [1.165, 1.54) is 0 Å². The Morgan fingerprint density at radius 2 is 1.79 bits per heavy atom. The van der Waals surface area contributed by atoms with Gasteiger partial charge in [0, 0.05) is 7.11 Å². The van der Waals surface area contributed by atoms with Crippen molar-refractivity contribution in [2.24, 2.45) is 0 Å². The van der Waals surface area contributed by atoms with Crippen LogP contribution in [0.2, 0.25) is 0 Å². The highest BCUT2D eigenvalue weighted by atomic mass is 16.5. The van der Waals surface area contributed by atoms with Gasteiger partial charge in [0.2, 0.25) is 0 Å². The van der Waals surface area contributed by atoms with E-state index in [1.807, 2.05) is 19.1 Å². The molecule has 0 amide bonds. The Kier molecular flexibility index (Phi) is 3.77. The molecule has 0 aliphatic heterocycles. The molecular formula is C11H16O3. The van der Waals surface area contributed by atoms with E-state index >= 15 is 0 Å². The third kappa shape index (κ3) is 1.99. The molecule has 1 aromatic carbocycles. The van der Waals surface area contributed by atoms with Crippen LogP contribution in [-0.2, 0) is 11.3 Å². The molecule has 3 nitrogen and oxygen atoms in total. The first-order chi connectivity index (χ1) is 6.74. The van der Waals surface area contributed by atoms with E-state index in [0.29, 0.717) is 6.61 Å². The minimum absolute atomic E-state index is 0.494. The number of hydrogen-bond acceptors (Lipinski definition) is 3. The molecule has 0 spiro atoms. The summed E-state index contributed by atoms with van der Waals surface area (Å²) in [6, 6.07) is 3.89. The fraction of sp³-hybridized carbons (Fsp3) is 0.455. The fourth-order valence-electron chi connectivity index (χ4n) is 1.48. The number of methoxy groups -OCH3 is 3. The smallest absolute Gasteiger partial charge is 0.131 e. The van der Waals surface area contributed by atoms with Crippen LogP contribution in [-0.4, -0.2) is 21.3 Å². The number of ether oxygens (including phenoxy) is 3. The van der Waals surface area contributed by atoms with Gasteiger partial charge >= 0.3 is 0 Å². The van der Waals surface area contributed by atoms with Crippen LogP contribution in [0.15, 0.2) is 12.1 Å². The second kappa shape index (κ2) is 4.86. The van der Waals surface area contributed by atoms with Crippen molar-refractivity contribution >= 4 is 0 Å². The van der Waals surface area contributed by atoms with E-state index in [4.69, 9.17) is 14.2 Å². The van der Waals surface area contributed by atoms with Crippen molar-refractivity contribution in [3.63, 3.8) is 0 Å². The molecule has 0 heterocycles. The largest absolute Gasteiger partial charge is 0.496 e. The van der Waals surface area contributed by atoms with Crippen LogP contribution >= 0.6 is 0 Å². The van der Waals surface area contributed by atoms with Crippen LogP contribution in [0, 0.1) is 6.92 Å². The van der Waals surface area contributed by atoms with Gasteiger partial charge in [-0.15, -0.1) is 0 Å². The Balaban J connectivity index is 3.21. The molecule has 1 rings (SSSR count). The zero-order chi connectivity index (χ0) is 10.6. The summed E-state index contributed by atoms with van der Waals surface area (Å²) in [5.41, 5.74) is 2.04. The average Bonchev–Trinajstić information content (AvgIpc) is 2.19. The van der Waals surface area contributed by atoms with E-state index in [2.05, 4.69) is 0 Å². The molecule has 78 valence electrons. The maximum Gasteiger partial charge on any atom is 0.131 e. The van der Waals surface area contributed by atoms with Gasteiger partial charge < -0.3 is 14.2 Å². The predicted octanol–water partition coefficient (Wildman–Crippen LogP) is 2.16. The molecule has 0 N–H and O–H groups in total. The standard InChI is InChI=1S/C11H16O3/c1-8-5-6-10(13-3)9(7-12-2)11(8)14-4/h5-6H,7H2,1-4H3. The lowest BCUT2D eigenvalue weighted by atomic mass is 10.1. The fourth-order valence-corrected chi connectivity index (χ4v) is 1.48. The SMILES string of the molecule is COCc1c(OC)ccc(C)c1OC. The van der Waals surface area contributed by atoms with Crippen LogP contribution < -0.4 is 9.47 Å². The van der Waals surface area contributed by atoms with Crippen molar-refractivity contribution in [1.82, 2.24) is 0 Å². The molecule has 0 radical (unpaired) electrons. The lowest BCUT2D eigenvalue weighted by molar-refractivity contribution is 0.178. The van der Waals surface area contributed by atoms with Crippen LogP contribution in [0.5, 0.6) is 11.5 Å². The molecule has 0 bridgehead atoms. The summed E-state index contributed by atoms with van der Waals surface area (Å²) in [5, 5.41) is 0. The molecule has 0 saturated heterocycles. The molecule has 0 atom stereocenters. The molecule has 0 saturated carbocycles. The summed E-state index contributed by atoms with van der Waals surface area (Å²) in [4.78, 5) is 0. The Hall–Kier alpha value is -1.22. The molecule has 1 aromatic rings. The molecule has 0 unspecified atom stereocenters. The number of benzene rings is 1. The summed E-state index contributed by atoms with van der Waals surface area (Å²) in [6.07, 6.45) is 0. The van der Waals surface area contributed by atoms with Gasteiger partial charge in [-0.25, -0.2) is 0 Å². The first-order valence-electron chi connectivity index (χ1n) is 4.44. The quantitative estimate of drug-likeness (QED) is 0.738. The normalized spacial score (nSPS) is 10.0. The van der Waals surface area contributed by atoms with E-state index in [0.717, 1.165) is 22.6 Å². The van der Waals surface area contributed by atoms with Gasteiger partial charge in [0.15, 0.2) is 0 Å². The molecule has 0 aromatic heterocycles. The van der Waals surface area contributed by atoms with Crippen molar-refractivity contribution in [3.8, 4) is 11.5 Å². The molecule has 14 heavy (non-hydrogen) atoms. The second-order valence-electron chi connectivity index (χ2n) is 3.03. The van der Waals surface area contributed by atoms with Gasteiger partial charge in [0.05, 0.1) is 26.4 Å². The summed E-state index contributed by atoms with van der Waals surface area (Å²) in [7, 11) is 4.95. The topological polar surface area (TPSA) is 27.7 Å². The molecule has 0 fully saturated rings. The highest BCUT2D eigenvalue weighted by Crippen LogP contribution is 2.32. The van der Waals surface area contributed by atoms with Gasteiger partial charge in [0.1, 0.15) is 11.5 Å². The Labute approximate surface area is 84.6 Å². The predicted molar refractivity (Wildman–Crippen MR) is 55.0 cm³/mol. The lowest BCUT2D eigenvalue weighted by Gasteiger charge is -2.14. The molecule has 0 aliphatic carbocycles. The Morgan fingerprint density at radius 3 is 2.29 bits per heavy atom. The van der Waals surface area contributed by atoms with Crippen molar-refractivity contribution < 1.29 is 14.2 Å². The molecule has 0 aliphatic rings.